The molecule has 1 N–H and O–H groups in total. The number of imidazole rings is 1. The fourth-order valence-corrected chi connectivity index (χ4v) is 3.39. The highest BCUT2D eigenvalue weighted by molar-refractivity contribution is 7.12. The first kappa shape index (κ1) is 13.2. The third-order valence-corrected chi connectivity index (χ3v) is 4.56. The lowest BCUT2D eigenvalue weighted by Gasteiger charge is -2.32. The van der Waals surface area contributed by atoms with Gasteiger partial charge < -0.3 is 14.4 Å². The van der Waals surface area contributed by atoms with E-state index in [0.717, 1.165) is 25.7 Å². The first-order valence-electron chi connectivity index (χ1n) is 6.70. The monoisotopic (exact) mass is 292 g/mol. The van der Waals surface area contributed by atoms with Crippen LogP contribution >= 0.6 is 11.3 Å². The van der Waals surface area contributed by atoms with Gasteiger partial charge in [0, 0.05) is 12.4 Å². The number of ether oxygens (including phenoxy) is 1. The molecule has 1 saturated carbocycles. The number of thiophene rings is 1. The van der Waals surface area contributed by atoms with E-state index in [1.54, 1.807) is 24.0 Å². The summed E-state index contributed by atoms with van der Waals surface area (Å²) in [7, 11) is 0. The van der Waals surface area contributed by atoms with Gasteiger partial charge >= 0.3 is 5.97 Å². The number of nitrogens with zero attached hydrogens (tertiary/aromatic N) is 2. The van der Waals surface area contributed by atoms with E-state index < -0.39 is 5.97 Å². The summed E-state index contributed by atoms with van der Waals surface area (Å²) in [6.45, 7) is 0. The molecule has 0 amide bonds. The van der Waals surface area contributed by atoms with Gasteiger partial charge in [0.1, 0.15) is 11.9 Å². The highest BCUT2D eigenvalue weighted by atomic mass is 32.1. The Morgan fingerprint density at radius 3 is 3.05 bits per heavy atom. The summed E-state index contributed by atoms with van der Waals surface area (Å²) in [4.78, 5) is 15.5. The van der Waals surface area contributed by atoms with Crippen LogP contribution in [0.25, 0.3) is 0 Å². The topological polar surface area (TPSA) is 64.3 Å². The van der Waals surface area contributed by atoms with Crippen molar-refractivity contribution in [3.05, 3.63) is 35.0 Å². The largest absolute Gasteiger partial charge is 0.486 e. The lowest BCUT2D eigenvalue weighted by molar-refractivity contribution is 0.0679. The Kier molecular flexibility index (Phi) is 3.73. The summed E-state index contributed by atoms with van der Waals surface area (Å²) < 4.78 is 8.07. The molecular formula is C14H16N2O3S. The van der Waals surface area contributed by atoms with Gasteiger partial charge in [-0.25, -0.2) is 9.78 Å². The zero-order valence-electron chi connectivity index (χ0n) is 10.9. The molecule has 2 aromatic rings. The zero-order chi connectivity index (χ0) is 13.9. The van der Waals surface area contributed by atoms with Crippen molar-refractivity contribution >= 4 is 17.3 Å². The second-order valence-corrected chi connectivity index (χ2v) is 5.85. The maximum atomic E-state index is 11.1. The summed E-state index contributed by atoms with van der Waals surface area (Å²) in [5, 5.41) is 10.9. The maximum Gasteiger partial charge on any atom is 0.349 e. The molecule has 1 aliphatic rings. The highest BCUT2D eigenvalue weighted by Gasteiger charge is 2.29. The molecule has 5 nitrogen and oxygen atoms in total. The fourth-order valence-electron chi connectivity index (χ4n) is 2.73. The number of hydrogen-bond acceptors (Lipinski definition) is 4. The summed E-state index contributed by atoms with van der Waals surface area (Å²) in [6, 6.07) is 1.97. The van der Waals surface area contributed by atoms with Gasteiger partial charge in [-0.2, -0.15) is 0 Å². The van der Waals surface area contributed by atoms with Crippen LogP contribution in [-0.2, 0) is 0 Å². The normalized spacial score (nSPS) is 22.6. The van der Waals surface area contributed by atoms with Gasteiger partial charge in [-0.15, -0.1) is 11.3 Å². The molecule has 106 valence electrons. The molecule has 2 heterocycles. The number of hydrogen-bond donors (Lipinski definition) is 1. The van der Waals surface area contributed by atoms with Gasteiger partial charge in [0.15, 0.2) is 4.88 Å². The van der Waals surface area contributed by atoms with Crippen LogP contribution in [0.5, 0.6) is 5.75 Å². The Hall–Kier alpha value is -1.82. The zero-order valence-corrected chi connectivity index (χ0v) is 11.8. The standard InChI is InChI=1S/C14H16N2O3S/c17-14(18)13-12(5-8-20-13)19-11-4-2-1-3-10(11)16-7-6-15-9-16/h5-11H,1-4H2,(H,17,18). The van der Waals surface area contributed by atoms with E-state index in [4.69, 9.17) is 9.84 Å². The molecule has 0 spiro atoms. The van der Waals surface area contributed by atoms with Crippen LogP contribution in [0.15, 0.2) is 30.2 Å². The average molecular weight is 292 g/mol. The Morgan fingerprint density at radius 2 is 2.30 bits per heavy atom. The predicted octanol–water partition coefficient (Wildman–Crippen LogP) is 3.21. The Labute approximate surface area is 120 Å². The summed E-state index contributed by atoms with van der Waals surface area (Å²) >= 11 is 1.20. The van der Waals surface area contributed by atoms with Crippen LogP contribution in [0.4, 0.5) is 0 Å². The number of carbonyl (C=O) groups is 1. The lowest BCUT2D eigenvalue weighted by Crippen LogP contribution is -2.32. The van der Waals surface area contributed by atoms with Crippen LogP contribution in [-0.4, -0.2) is 26.7 Å². The van der Waals surface area contributed by atoms with Crippen LogP contribution < -0.4 is 4.74 Å². The molecular weight excluding hydrogens is 276 g/mol. The molecule has 20 heavy (non-hydrogen) atoms. The number of rotatable bonds is 4. The van der Waals surface area contributed by atoms with Gasteiger partial charge in [-0.05, 0) is 30.7 Å². The maximum absolute atomic E-state index is 11.1. The molecule has 6 heteroatoms. The van der Waals surface area contributed by atoms with E-state index in [2.05, 4.69) is 9.55 Å². The number of aromatic nitrogens is 2. The minimum atomic E-state index is -0.926. The van der Waals surface area contributed by atoms with Crippen molar-refractivity contribution in [3.63, 3.8) is 0 Å². The summed E-state index contributed by atoms with van der Waals surface area (Å²) in [5.41, 5.74) is 0. The van der Waals surface area contributed by atoms with Crippen molar-refractivity contribution in [1.82, 2.24) is 9.55 Å². The molecule has 2 atom stereocenters. The molecule has 2 unspecified atom stereocenters. The number of aromatic carboxylic acids is 1. The molecule has 3 rings (SSSR count). The van der Waals surface area contributed by atoms with E-state index in [1.165, 1.54) is 11.3 Å². The number of carboxylic acid groups (broad SMARTS) is 1. The smallest absolute Gasteiger partial charge is 0.349 e. The van der Waals surface area contributed by atoms with E-state index in [0.29, 0.717) is 5.75 Å². The minimum absolute atomic E-state index is 0.00523. The Bertz CT molecular complexity index is 579. The quantitative estimate of drug-likeness (QED) is 0.939. The lowest BCUT2D eigenvalue weighted by atomic mass is 9.92. The Balaban J connectivity index is 1.80. The third kappa shape index (κ3) is 2.56. The van der Waals surface area contributed by atoms with E-state index in [-0.39, 0.29) is 17.0 Å². The second kappa shape index (κ2) is 5.66. The van der Waals surface area contributed by atoms with Gasteiger partial charge in [0.05, 0.1) is 12.4 Å². The second-order valence-electron chi connectivity index (χ2n) is 4.94. The van der Waals surface area contributed by atoms with Gasteiger partial charge in [-0.1, -0.05) is 6.42 Å². The fraction of sp³-hybridized carbons (Fsp3) is 0.429. The summed E-state index contributed by atoms with van der Waals surface area (Å²) in [6.07, 6.45) is 9.77. The van der Waals surface area contributed by atoms with Gasteiger partial charge in [0.2, 0.25) is 0 Å². The Morgan fingerprint density at radius 1 is 1.45 bits per heavy atom. The van der Waals surface area contributed by atoms with Crippen molar-refractivity contribution in [3.8, 4) is 5.75 Å². The van der Waals surface area contributed by atoms with E-state index in [1.807, 2.05) is 6.20 Å². The van der Waals surface area contributed by atoms with E-state index in [9.17, 15) is 4.79 Å². The molecule has 0 aliphatic heterocycles. The van der Waals surface area contributed by atoms with Crippen LogP contribution in [0, 0.1) is 0 Å². The molecule has 0 bridgehead atoms. The first-order valence-corrected chi connectivity index (χ1v) is 7.58. The van der Waals surface area contributed by atoms with Crippen molar-refractivity contribution in [2.24, 2.45) is 0 Å². The predicted molar refractivity (Wildman–Crippen MR) is 75.4 cm³/mol. The van der Waals surface area contributed by atoms with E-state index >= 15 is 0 Å². The molecule has 1 aliphatic carbocycles. The molecule has 0 saturated heterocycles. The molecule has 0 aromatic carbocycles. The van der Waals surface area contributed by atoms with Crippen LogP contribution in [0.3, 0.4) is 0 Å². The molecule has 1 fully saturated rings. The SMILES string of the molecule is O=C(O)c1sccc1OC1CCCCC1n1ccnc1. The van der Waals surface area contributed by atoms with Gasteiger partial charge in [0.25, 0.3) is 0 Å². The number of carboxylic acids is 1. The minimum Gasteiger partial charge on any atom is -0.486 e. The van der Waals surface area contributed by atoms with Crippen molar-refractivity contribution in [1.29, 1.82) is 0 Å². The third-order valence-electron chi connectivity index (χ3n) is 3.68. The van der Waals surface area contributed by atoms with Crippen molar-refractivity contribution < 1.29 is 14.6 Å². The highest BCUT2D eigenvalue weighted by Crippen LogP contribution is 2.34. The van der Waals surface area contributed by atoms with Crippen LogP contribution in [0.2, 0.25) is 0 Å². The summed E-state index contributed by atoms with van der Waals surface area (Å²) in [5.74, 6) is -0.440. The van der Waals surface area contributed by atoms with Crippen molar-refractivity contribution in [2.45, 2.75) is 37.8 Å². The first-order chi connectivity index (χ1) is 9.75. The average Bonchev–Trinajstić information content (AvgIpc) is 3.09. The van der Waals surface area contributed by atoms with Crippen LogP contribution in [0.1, 0.15) is 41.4 Å². The molecule has 2 aromatic heterocycles. The molecule has 0 radical (unpaired) electrons. The van der Waals surface area contributed by atoms with Crippen molar-refractivity contribution in [2.75, 3.05) is 0 Å². The van der Waals surface area contributed by atoms with Gasteiger partial charge in [-0.3, -0.25) is 0 Å².